The Balaban J connectivity index is 1.95. The van der Waals surface area contributed by atoms with Crippen LogP contribution >= 0.6 is 0 Å². The smallest absolute Gasteiger partial charge is 0.332 e. The van der Waals surface area contributed by atoms with Crippen molar-refractivity contribution in [2.24, 2.45) is 0 Å². The Morgan fingerprint density at radius 1 is 1.15 bits per heavy atom. The number of fused-ring (bicyclic) bond motifs is 1. The zero-order valence-corrected chi connectivity index (χ0v) is 13.9. The maximum Gasteiger partial charge on any atom is 0.332 e. The Labute approximate surface area is 151 Å². The summed E-state index contributed by atoms with van der Waals surface area (Å²) in [5.74, 6) is 0. The van der Waals surface area contributed by atoms with E-state index in [1.54, 1.807) is 24.3 Å². The molecule has 0 radical (unpaired) electrons. The van der Waals surface area contributed by atoms with Gasteiger partial charge >= 0.3 is 5.69 Å². The van der Waals surface area contributed by atoms with Crippen molar-refractivity contribution in [3.05, 3.63) is 57.4 Å². The van der Waals surface area contributed by atoms with Crippen molar-refractivity contribution >= 4 is 11.2 Å². The van der Waals surface area contributed by atoms with Gasteiger partial charge in [-0.15, -0.1) is 0 Å². The predicted octanol–water partition coefficient (Wildman–Crippen LogP) is -1.24. The number of rotatable bonds is 3. The molecule has 1 saturated heterocycles. The Kier molecular flexibility index (Phi) is 4.32. The van der Waals surface area contributed by atoms with Gasteiger partial charge in [0.2, 0.25) is 0 Å². The molecule has 0 bridgehead atoms. The van der Waals surface area contributed by atoms with E-state index < -0.39 is 42.4 Å². The van der Waals surface area contributed by atoms with Crippen molar-refractivity contribution in [1.82, 2.24) is 19.5 Å². The number of hydrogen-bond donors (Lipinski definition) is 4. The molecule has 1 fully saturated rings. The van der Waals surface area contributed by atoms with Crippen LogP contribution in [-0.2, 0) is 4.74 Å². The third-order valence-corrected chi connectivity index (χ3v) is 4.48. The topological polar surface area (TPSA) is 151 Å². The number of aromatic amines is 1. The molecule has 4 rings (SSSR count). The lowest BCUT2D eigenvalue weighted by Gasteiger charge is -2.18. The molecule has 140 valence electrons. The van der Waals surface area contributed by atoms with Crippen LogP contribution in [0, 0.1) is 0 Å². The number of aliphatic hydroxyl groups is 3. The number of aromatic nitrogens is 4. The van der Waals surface area contributed by atoms with E-state index in [9.17, 15) is 24.9 Å². The van der Waals surface area contributed by atoms with Gasteiger partial charge < -0.3 is 20.1 Å². The van der Waals surface area contributed by atoms with Crippen molar-refractivity contribution in [1.29, 1.82) is 0 Å². The predicted molar refractivity (Wildman–Crippen MR) is 92.9 cm³/mol. The first-order valence-electron chi connectivity index (χ1n) is 8.20. The fraction of sp³-hybridized carbons (Fsp3) is 0.294. The molecule has 1 aromatic carbocycles. The summed E-state index contributed by atoms with van der Waals surface area (Å²) in [6.07, 6.45) is -3.93. The fourth-order valence-corrected chi connectivity index (χ4v) is 3.10. The average Bonchev–Trinajstić information content (AvgIpc) is 2.96. The molecule has 3 heterocycles. The molecule has 4 atom stereocenters. The van der Waals surface area contributed by atoms with E-state index in [0.29, 0.717) is 11.3 Å². The molecular weight excluding hydrogens is 356 g/mol. The van der Waals surface area contributed by atoms with E-state index >= 15 is 0 Å². The molecule has 2 aromatic heterocycles. The van der Waals surface area contributed by atoms with Crippen LogP contribution in [0.1, 0.15) is 6.23 Å². The van der Waals surface area contributed by atoms with Crippen molar-refractivity contribution in [3.63, 3.8) is 0 Å². The van der Waals surface area contributed by atoms with E-state index in [1.807, 2.05) is 6.07 Å². The molecule has 0 amide bonds. The van der Waals surface area contributed by atoms with Gasteiger partial charge in [0.05, 0.1) is 18.5 Å². The van der Waals surface area contributed by atoms with Gasteiger partial charge in [0, 0.05) is 5.56 Å². The Bertz CT molecular complexity index is 1100. The van der Waals surface area contributed by atoms with Gasteiger partial charge in [-0.05, 0) is 0 Å². The van der Waals surface area contributed by atoms with E-state index in [2.05, 4.69) is 15.0 Å². The standard InChI is InChI=1S/C17H16N4O6/c22-7-10-12(23)13(24)16(27-10)21-14-11(15(25)20-17(21)26)18-6-9(19-14)8-4-2-1-3-5-8/h1-6,10,12-13,16,22-24H,7H2,(H,20,25,26)/t10-,12?,13?,16-/m1/s1. The minimum atomic E-state index is -1.50. The van der Waals surface area contributed by atoms with Crippen LogP contribution in [0.4, 0.5) is 0 Å². The van der Waals surface area contributed by atoms with Gasteiger partial charge in [0.25, 0.3) is 5.56 Å². The number of aliphatic hydroxyl groups excluding tert-OH is 3. The molecule has 0 aliphatic carbocycles. The lowest BCUT2D eigenvalue weighted by molar-refractivity contribution is -0.0530. The monoisotopic (exact) mass is 372 g/mol. The second kappa shape index (κ2) is 6.67. The van der Waals surface area contributed by atoms with Crippen molar-refractivity contribution < 1.29 is 20.1 Å². The summed E-state index contributed by atoms with van der Waals surface area (Å²) in [5.41, 5.74) is -0.695. The first-order chi connectivity index (χ1) is 13.0. The normalized spacial score (nSPS) is 25.1. The van der Waals surface area contributed by atoms with E-state index in [-0.39, 0.29) is 11.2 Å². The van der Waals surface area contributed by atoms with Crippen molar-refractivity contribution in [2.45, 2.75) is 24.5 Å². The Morgan fingerprint density at radius 3 is 2.56 bits per heavy atom. The number of ether oxygens (including phenoxy) is 1. The van der Waals surface area contributed by atoms with Gasteiger partial charge in [-0.25, -0.2) is 19.3 Å². The Hall–Kier alpha value is -2.92. The molecule has 27 heavy (non-hydrogen) atoms. The fourth-order valence-electron chi connectivity index (χ4n) is 3.10. The second-order valence-electron chi connectivity index (χ2n) is 6.15. The van der Waals surface area contributed by atoms with E-state index in [1.165, 1.54) is 6.20 Å². The molecule has 10 nitrogen and oxygen atoms in total. The van der Waals surface area contributed by atoms with Crippen molar-refractivity contribution in [3.8, 4) is 11.3 Å². The summed E-state index contributed by atoms with van der Waals surface area (Å²) in [6.45, 7) is -0.550. The van der Waals surface area contributed by atoms with Crippen LogP contribution < -0.4 is 11.2 Å². The van der Waals surface area contributed by atoms with Gasteiger partial charge in [-0.3, -0.25) is 9.78 Å². The highest BCUT2D eigenvalue weighted by molar-refractivity contribution is 5.73. The van der Waals surface area contributed by atoms with Gasteiger partial charge in [-0.1, -0.05) is 30.3 Å². The van der Waals surface area contributed by atoms with Crippen LogP contribution in [-0.4, -0.2) is 59.8 Å². The quantitative estimate of drug-likeness (QED) is 0.446. The van der Waals surface area contributed by atoms with Crippen LogP contribution in [0.3, 0.4) is 0 Å². The third kappa shape index (κ3) is 2.84. The summed E-state index contributed by atoms with van der Waals surface area (Å²) in [7, 11) is 0. The molecule has 4 N–H and O–H groups in total. The van der Waals surface area contributed by atoms with E-state index in [0.717, 1.165) is 4.57 Å². The van der Waals surface area contributed by atoms with Gasteiger partial charge in [0.1, 0.15) is 18.3 Å². The lowest BCUT2D eigenvalue weighted by Crippen LogP contribution is -2.39. The largest absolute Gasteiger partial charge is 0.394 e. The first-order valence-corrected chi connectivity index (χ1v) is 8.20. The Morgan fingerprint density at radius 2 is 1.89 bits per heavy atom. The summed E-state index contributed by atoms with van der Waals surface area (Å²) in [4.78, 5) is 35.1. The highest BCUT2D eigenvalue weighted by Gasteiger charge is 2.44. The number of nitrogens with zero attached hydrogens (tertiary/aromatic N) is 3. The molecule has 3 aromatic rings. The van der Waals surface area contributed by atoms with Gasteiger partial charge in [-0.2, -0.15) is 0 Å². The third-order valence-electron chi connectivity index (χ3n) is 4.48. The maximum atomic E-state index is 12.4. The zero-order chi connectivity index (χ0) is 19.1. The van der Waals surface area contributed by atoms with E-state index in [4.69, 9.17) is 4.74 Å². The average molecular weight is 372 g/mol. The number of H-pyrrole nitrogens is 1. The molecule has 2 unspecified atom stereocenters. The summed E-state index contributed by atoms with van der Waals surface area (Å²) in [5, 5.41) is 29.5. The summed E-state index contributed by atoms with van der Waals surface area (Å²) < 4.78 is 6.35. The first kappa shape index (κ1) is 17.5. The minimum absolute atomic E-state index is 0.0973. The molecule has 1 aliphatic heterocycles. The molecule has 0 spiro atoms. The second-order valence-corrected chi connectivity index (χ2v) is 6.15. The van der Waals surface area contributed by atoms with Crippen LogP contribution in [0.15, 0.2) is 46.1 Å². The lowest BCUT2D eigenvalue weighted by atomic mass is 10.1. The van der Waals surface area contributed by atoms with Crippen LogP contribution in [0.2, 0.25) is 0 Å². The summed E-state index contributed by atoms with van der Waals surface area (Å²) in [6, 6.07) is 9.02. The van der Waals surface area contributed by atoms with Crippen molar-refractivity contribution in [2.75, 3.05) is 6.61 Å². The number of nitrogens with one attached hydrogen (secondary N) is 1. The molecular formula is C17H16N4O6. The van der Waals surface area contributed by atoms with Gasteiger partial charge in [0.15, 0.2) is 17.4 Å². The molecule has 1 aliphatic rings. The number of benzene rings is 1. The minimum Gasteiger partial charge on any atom is -0.394 e. The van der Waals surface area contributed by atoms with Crippen LogP contribution in [0.5, 0.6) is 0 Å². The maximum absolute atomic E-state index is 12.4. The molecule has 10 heteroatoms. The highest BCUT2D eigenvalue weighted by atomic mass is 16.6. The highest BCUT2D eigenvalue weighted by Crippen LogP contribution is 2.29. The number of hydrogen-bond acceptors (Lipinski definition) is 8. The summed E-state index contributed by atoms with van der Waals surface area (Å²) >= 11 is 0. The SMILES string of the molecule is O=c1[nH]c(=O)n([C@@H]2O[C@H](CO)C(O)C2O)c2nc(-c3ccccc3)cnc12. The molecule has 0 saturated carbocycles. The van der Waals surface area contributed by atoms with Crippen LogP contribution in [0.25, 0.3) is 22.4 Å². The zero-order valence-electron chi connectivity index (χ0n) is 13.9.